The topological polar surface area (TPSA) is 66.5 Å². The summed E-state index contributed by atoms with van der Waals surface area (Å²) in [7, 11) is -3.29. The maximum atomic E-state index is 11.9. The zero-order valence-electron chi connectivity index (χ0n) is 13.9. The van der Waals surface area contributed by atoms with Crippen molar-refractivity contribution in [3.05, 3.63) is 34.9 Å². The van der Waals surface area contributed by atoms with Gasteiger partial charge in [-0.2, -0.15) is 0 Å². The molecule has 1 aromatic carbocycles. The van der Waals surface area contributed by atoms with E-state index in [1.165, 1.54) is 10.6 Å². The monoisotopic (exact) mass is 360 g/mol. The lowest BCUT2D eigenvalue weighted by molar-refractivity contribution is -0.121. The summed E-state index contributed by atoms with van der Waals surface area (Å²) in [5.41, 5.74) is 0.947. The summed E-state index contributed by atoms with van der Waals surface area (Å²) in [5, 5.41) is 3.43. The summed E-state index contributed by atoms with van der Waals surface area (Å²) < 4.78 is 24.9. The summed E-state index contributed by atoms with van der Waals surface area (Å²) in [4.78, 5) is 11.9. The van der Waals surface area contributed by atoms with E-state index >= 15 is 0 Å². The van der Waals surface area contributed by atoms with E-state index in [0.717, 1.165) is 12.0 Å². The van der Waals surface area contributed by atoms with Gasteiger partial charge in [0.15, 0.2) is 0 Å². The van der Waals surface area contributed by atoms with Gasteiger partial charge in [-0.15, -0.1) is 0 Å². The van der Waals surface area contributed by atoms with Crippen molar-refractivity contribution in [2.75, 3.05) is 19.3 Å². The summed E-state index contributed by atoms with van der Waals surface area (Å²) >= 11 is 5.80. The van der Waals surface area contributed by atoms with E-state index in [9.17, 15) is 13.2 Å². The van der Waals surface area contributed by atoms with Crippen LogP contribution in [0.5, 0.6) is 0 Å². The molecule has 0 heterocycles. The van der Waals surface area contributed by atoms with Gasteiger partial charge in [0.1, 0.15) is 0 Å². The van der Waals surface area contributed by atoms with Crippen molar-refractivity contribution in [3.63, 3.8) is 0 Å². The normalized spacial score (nSPS) is 11.9. The van der Waals surface area contributed by atoms with E-state index in [1.807, 2.05) is 26.0 Å². The molecule has 0 unspecified atom stereocenters. The molecule has 1 N–H and O–H groups in total. The number of carbonyl (C=O) groups is 1. The Labute approximate surface area is 144 Å². The van der Waals surface area contributed by atoms with Crippen LogP contribution in [0, 0.1) is 5.92 Å². The van der Waals surface area contributed by atoms with Gasteiger partial charge in [-0.1, -0.05) is 37.6 Å². The highest BCUT2D eigenvalue weighted by molar-refractivity contribution is 7.88. The first-order valence-electron chi connectivity index (χ1n) is 7.64. The van der Waals surface area contributed by atoms with Gasteiger partial charge in [0, 0.05) is 31.1 Å². The van der Waals surface area contributed by atoms with Crippen LogP contribution in [-0.4, -0.2) is 38.0 Å². The molecule has 1 aromatic rings. The number of carbonyl (C=O) groups excluding carboxylic acids is 1. The highest BCUT2D eigenvalue weighted by Crippen LogP contribution is 2.09. The average molecular weight is 361 g/mol. The smallest absolute Gasteiger partial charge is 0.221 e. The maximum absolute atomic E-state index is 11.9. The van der Waals surface area contributed by atoms with Crippen molar-refractivity contribution in [3.8, 4) is 0 Å². The van der Waals surface area contributed by atoms with Gasteiger partial charge in [0.2, 0.25) is 15.9 Å². The Morgan fingerprint density at radius 3 is 2.35 bits per heavy atom. The number of nitrogens with zero attached hydrogens (tertiary/aromatic N) is 1. The minimum Gasteiger partial charge on any atom is -0.352 e. The molecule has 23 heavy (non-hydrogen) atoms. The van der Waals surface area contributed by atoms with Crippen molar-refractivity contribution >= 4 is 27.5 Å². The molecule has 0 saturated heterocycles. The van der Waals surface area contributed by atoms with Gasteiger partial charge in [-0.05, 0) is 30.0 Å². The Hall–Kier alpha value is -1.11. The van der Waals surface area contributed by atoms with Gasteiger partial charge in [0.25, 0.3) is 0 Å². The quantitative estimate of drug-likeness (QED) is 0.736. The van der Waals surface area contributed by atoms with Crippen LogP contribution in [0.15, 0.2) is 24.3 Å². The molecule has 1 rings (SSSR count). The number of rotatable bonds is 9. The molecule has 0 aromatic heterocycles. The van der Waals surface area contributed by atoms with Crippen LogP contribution < -0.4 is 5.32 Å². The molecule has 0 radical (unpaired) electrons. The van der Waals surface area contributed by atoms with Crippen LogP contribution in [0.3, 0.4) is 0 Å². The molecule has 0 fully saturated rings. The predicted molar refractivity (Wildman–Crippen MR) is 93.8 cm³/mol. The third-order valence-corrected chi connectivity index (χ3v) is 4.97. The number of amides is 1. The Balaban J connectivity index is 2.43. The summed E-state index contributed by atoms with van der Waals surface area (Å²) in [5.74, 6) is 0.246. The second-order valence-electron chi connectivity index (χ2n) is 6.00. The number of hydrogen-bond acceptors (Lipinski definition) is 3. The molecule has 0 spiro atoms. The molecule has 0 aliphatic heterocycles. The molecule has 7 heteroatoms. The van der Waals surface area contributed by atoms with E-state index in [1.54, 1.807) is 12.1 Å². The predicted octanol–water partition coefficient (Wildman–Crippen LogP) is 2.65. The van der Waals surface area contributed by atoms with E-state index in [0.29, 0.717) is 24.0 Å². The van der Waals surface area contributed by atoms with Gasteiger partial charge in [-0.25, -0.2) is 12.7 Å². The number of sulfonamides is 1. The molecular formula is C16H25ClN2O3S. The van der Waals surface area contributed by atoms with E-state index in [4.69, 9.17) is 11.6 Å². The third kappa shape index (κ3) is 8.34. The average Bonchev–Trinajstić information content (AvgIpc) is 2.44. The second-order valence-corrected chi connectivity index (χ2v) is 8.42. The lowest BCUT2D eigenvalue weighted by Gasteiger charge is -2.20. The Morgan fingerprint density at radius 2 is 1.83 bits per heavy atom. The molecule has 0 aliphatic rings. The van der Waals surface area contributed by atoms with Crippen molar-refractivity contribution in [1.82, 2.24) is 9.62 Å². The van der Waals surface area contributed by atoms with Gasteiger partial charge in [-0.3, -0.25) is 4.79 Å². The Kier molecular flexibility index (Phi) is 8.02. The number of hydrogen-bond donors (Lipinski definition) is 1. The molecule has 0 bridgehead atoms. The first-order chi connectivity index (χ1) is 10.7. The van der Waals surface area contributed by atoms with Crippen molar-refractivity contribution in [2.24, 2.45) is 5.92 Å². The largest absolute Gasteiger partial charge is 0.352 e. The van der Waals surface area contributed by atoms with E-state index in [2.05, 4.69) is 5.32 Å². The van der Waals surface area contributed by atoms with E-state index < -0.39 is 10.0 Å². The summed E-state index contributed by atoms with van der Waals surface area (Å²) in [6.07, 6.45) is 2.11. The van der Waals surface area contributed by atoms with Crippen molar-refractivity contribution < 1.29 is 13.2 Å². The lowest BCUT2D eigenvalue weighted by Crippen LogP contribution is -2.35. The van der Waals surface area contributed by atoms with Gasteiger partial charge in [0.05, 0.1) is 6.26 Å². The minimum atomic E-state index is -3.29. The van der Waals surface area contributed by atoms with Crippen LogP contribution in [0.2, 0.25) is 5.02 Å². The third-order valence-electron chi connectivity index (χ3n) is 3.42. The lowest BCUT2D eigenvalue weighted by atomic mass is 10.1. The van der Waals surface area contributed by atoms with Gasteiger partial charge >= 0.3 is 0 Å². The van der Waals surface area contributed by atoms with Crippen molar-refractivity contribution in [1.29, 1.82) is 0 Å². The molecule has 0 aliphatic carbocycles. The van der Waals surface area contributed by atoms with Gasteiger partial charge < -0.3 is 5.32 Å². The van der Waals surface area contributed by atoms with Crippen LogP contribution in [0.4, 0.5) is 0 Å². The molecule has 0 atom stereocenters. The molecule has 0 saturated carbocycles. The molecular weight excluding hydrogens is 336 g/mol. The highest BCUT2D eigenvalue weighted by atomic mass is 35.5. The van der Waals surface area contributed by atoms with Crippen molar-refractivity contribution in [2.45, 2.75) is 33.2 Å². The number of halogens is 1. The first-order valence-corrected chi connectivity index (χ1v) is 9.87. The molecule has 1 amide bonds. The Morgan fingerprint density at radius 1 is 1.22 bits per heavy atom. The molecule has 5 nitrogen and oxygen atoms in total. The summed E-state index contributed by atoms with van der Waals surface area (Å²) in [6, 6.07) is 7.21. The minimum absolute atomic E-state index is 0.152. The maximum Gasteiger partial charge on any atom is 0.221 e. The number of benzene rings is 1. The zero-order valence-corrected chi connectivity index (χ0v) is 15.5. The second kappa shape index (κ2) is 9.25. The zero-order chi connectivity index (χ0) is 17.5. The highest BCUT2D eigenvalue weighted by Gasteiger charge is 2.17. The van der Waals surface area contributed by atoms with Crippen LogP contribution in [0.1, 0.15) is 32.3 Å². The van der Waals surface area contributed by atoms with Crippen LogP contribution >= 0.6 is 11.6 Å². The summed E-state index contributed by atoms with van der Waals surface area (Å²) in [6.45, 7) is 5.14. The van der Waals surface area contributed by atoms with Crippen LogP contribution in [-0.2, 0) is 21.4 Å². The SMILES string of the molecule is CC(C)CCN(CCC(=O)NCc1ccc(Cl)cc1)S(C)(=O)=O. The Bertz CT molecular complexity index is 600. The number of nitrogens with one attached hydrogen (secondary N) is 1. The fourth-order valence-electron chi connectivity index (χ4n) is 1.96. The fourth-order valence-corrected chi connectivity index (χ4v) is 2.95. The van der Waals surface area contributed by atoms with Crippen LogP contribution in [0.25, 0.3) is 0 Å². The van der Waals surface area contributed by atoms with E-state index in [-0.39, 0.29) is 18.9 Å². The fraction of sp³-hybridized carbons (Fsp3) is 0.562. The first kappa shape index (κ1) is 19.9. The standard InChI is InChI=1S/C16H25ClN2O3S/c1-13(2)8-10-19(23(3,21)22)11-9-16(20)18-12-14-4-6-15(17)7-5-14/h4-7,13H,8-12H2,1-3H3,(H,18,20). The molecule has 130 valence electrons.